The molecule has 1 amide bonds. The van der Waals surface area contributed by atoms with E-state index in [2.05, 4.69) is 40.6 Å². The van der Waals surface area contributed by atoms with Gasteiger partial charge in [0.2, 0.25) is 5.91 Å². The second kappa shape index (κ2) is 10.3. The summed E-state index contributed by atoms with van der Waals surface area (Å²) in [6, 6.07) is 17.9. The lowest BCUT2D eigenvalue weighted by atomic mass is 9.90. The molecule has 6 nitrogen and oxygen atoms in total. The molecule has 1 aliphatic heterocycles. The molecule has 0 saturated carbocycles. The molecule has 2 aromatic carbocycles. The maximum absolute atomic E-state index is 12.5. The molecule has 162 valence electrons. The fourth-order valence-electron chi connectivity index (χ4n) is 4.38. The molecule has 0 radical (unpaired) electrons. The number of piperidine rings is 1. The van der Waals surface area contributed by atoms with Gasteiger partial charge in [0.25, 0.3) is 5.56 Å². The van der Waals surface area contributed by atoms with Crippen molar-refractivity contribution >= 4 is 16.8 Å². The summed E-state index contributed by atoms with van der Waals surface area (Å²) < 4.78 is 1.43. The molecule has 1 fully saturated rings. The number of likely N-dealkylation sites (tertiary alicyclic amines) is 1. The molecule has 1 saturated heterocycles. The van der Waals surface area contributed by atoms with Crippen LogP contribution in [0.3, 0.4) is 0 Å². The number of hydrogen-bond acceptors (Lipinski definition) is 4. The van der Waals surface area contributed by atoms with Gasteiger partial charge < -0.3 is 4.90 Å². The second-order valence-corrected chi connectivity index (χ2v) is 8.46. The molecule has 0 N–H and O–H groups in total. The zero-order valence-corrected chi connectivity index (χ0v) is 17.9. The number of hydrogen-bond donors (Lipinski definition) is 0. The van der Waals surface area contributed by atoms with Crippen LogP contribution in [0.5, 0.6) is 0 Å². The molecule has 4 rings (SSSR count). The first-order chi connectivity index (χ1) is 15.2. The molecule has 31 heavy (non-hydrogen) atoms. The third-order valence-corrected chi connectivity index (χ3v) is 6.22. The molecule has 3 aromatic rings. The van der Waals surface area contributed by atoms with E-state index in [1.54, 1.807) is 12.1 Å². The van der Waals surface area contributed by atoms with Crippen LogP contribution in [0.4, 0.5) is 0 Å². The topological polar surface area (TPSA) is 68.1 Å². The van der Waals surface area contributed by atoms with Crippen molar-refractivity contribution in [3.05, 3.63) is 70.5 Å². The highest BCUT2D eigenvalue weighted by atomic mass is 16.2. The van der Waals surface area contributed by atoms with Gasteiger partial charge in [-0.15, -0.1) is 5.10 Å². The van der Waals surface area contributed by atoms with Crippen molar-refractivity contribution < 1.29 is 4.79 Å². The van der Waals surface area contributed by atoms with Crippen LogP contribution in [-0.4, -0.2) is 38.9 Å². The fourth-order valence-corrected chi connectivity index (χ4v) is 4.38. The van der Waals surface area contributed by atoms with Crippen molar-refractivity contribution in [3.8, 4) is 0 Å². The van der Waals surface area contributed by atoms with Crippen LogP contribution in [0.15, 0.2) is 59.4 Å². The average Bonchev–Trinajstić information content (AvgIpc) is 2.81. The Bertz CT molecular complexity index is 1060. The number of carbonyl (C=O) groups is 1. The molecule has 2 heterocycles. The number of amides is 1. The van der Waals surface area contributed by atoms with Crippen molar-refractivity contribution in [2.24, 2.45) is 5.92 Å². The van der Waals surface area contributed by atoms with E-state index in [4.69, 9.17) is 0 Å². The number of benzene rings is 2. The number of aryl methyl sites for hydroxylation is 1. The highest BCUT2D eigenvalue weighted by Gasteiger charge is 2.22. The van der Waals surface area contributed by atoms with E-state index < -0.39 is 0 Å². The predicted molar refractivity (Wildman–Crippen MR) is 122 cm³/mol. The summed E-state index contributed by atoms with van der Waals surface area (Å²) in [5.41, 5.74) is 1.92. The number of carbonyl (C=O) groups excluding carboxylic acids is 1. The summed E-state index contributed by atoms with van der Waals surface area (Å²) >= 11 is 0. The minimum absolute atomic E-state index is 0.0972. The Morgan fingerprint density at radius 1 is 0.935 bits per heavy atom. The Kier molecular flexibility index (Phi) is 7.07. The van der Waals surface area contributed by atoms with E-state index in [-0.39, 0.29) is 11.5 Å². The summed E-state index contributed by atoms with van der Waals surface area (Å²) in [7, 11) is 0. The Hall–Kier alpha value is -3.02. The van der Waals surface area contributed by atoms with E-state index in [1.165, 1.54) is 10.2 Å². The number of unbranched alkanes of at least 4 members (excludes halogenated alkanes) is 2. The van der Waals surface area contributed by atoms with Crippen LogP contribution in [0.1, 0.15) is 44.1 Å². The molecule has 0 spiro atoms. The lowest BCUT2D eigenvalue weighted by molar-refractivity contribution is -0.132. The number of nitrogens with zero attached hydrogens (tertiary/aromatic N) is 4. The van der Waals surface area contributed by atoms with Crippen LogP contribution >= 0.6 is 0 Å². The van der Waals surface area contributed by atoms with Gasteiger partial charge in [0, 0.05) is 26.1 Å². The van der Waals surface area contributed by atoms with Gasteiger partial charge in [0.05, 0.1) is 5.39 Å². The van der Waals surface area contributed by atoms with Crippen LogP contribution in [-0.2, 0) is 17.8 Å². The third-order valence-electron chi connectivity index (χ3n) is 6.22. The van der Waals surface area contributed by atoms with Gasteiger partial charge >= 0.3 is 0 Å². The van der Waals surface area contributed by atoms with Crippen molar-refractivity contribution in [2.45, 2.75) is 51.5 Å². The quantitative estimate of drug-likeness (QED) is 0.522. The van der Waals surface area contributed by atoms with Gasteiger partial charge in [-0.2, -0.15) is 0 Å². The minimum Gasteiger partial charge on any atom is -0.343 e. The first kappa shape index (κ1) is 21.2. The molecule has 0 atom stereocenters. The van der Waals surface area contributed by atoms with Gasteiger partial charge in [-0.3, -0.25) is 9.59 Å². The average molecular weight is 419 g/mol. The summed E-state index contributed by atoms with van der Waals surface area (Å²) in [5, 5.41) is 8.74. The smallest absolute Gasteiger partial charge is 0.277 e. The SMILES string of the molecule is O=C(CCCCCn1nnc2ccccc2c1=O)N1CCC(Cc2ccccc2)CC1. The maximum Gasteiger partial charge on any atom is 0.277 e. The lowest BCUT2D eigenvalue weighted by Crippen LogP contribution is -2.38. The maximum atomic E-state index is 12.5. The first-order valence-corrected chi connectivity index (χ1v) is 11.3. The Balaban J connectivity index is 1.15. The Labute approximate surface area is 182 Å². The van der Waals surface area contributed by atoms with Crippen molar-refractivity contribution in [1.82, 2.24) is 19.9 Å². The standard InChI is InChI=1S/C25H30N4O2/c30-24(28-17-14-21(15-18-28)19-20-9-3-1-4-10-20)13-5-2-8-16-29-25(31)22-11-6-7-12-23(22)26-27-29/h1,3-4,6-7,9-12,21H,2,5,8,13-19H2. The van der Waals surface area contributed by atoms with E-state index in [0.717, 1.165) is 51.6 Å². The number of fused-ring (bicyclic) bond motifs is 1. The lowest BCUT2D eigenvalue weighted by Gasteiger charge is -2.32. The molecule has 0 aliphatic carbocycles. The molecule has 0 unspecified atom stereocenters. The molecule has 6 heteroatoms. The van der Waals surface area contributed by atoms with Gasteiger partial charge in [-0.1, -0.05) is 54.1 Å². The minimum atomic E-state index is -0.0972. The highest BCUT2D eigenvalue weighted by molar-refractivity contribution is 5.76. The molecular weight excluding hydrogens is 388 g/mol. The third kappa shape index (κ3) is 5.57. The predicted octanol–water partition coefficient (Wildman–Crippen LogP) is 3.83. The van der Waals surface area contributed by atoms with E-state index in [1.807, 2.05) is 17.0 Å². The molecule has 0 bridgehead atoms. The largest absolute Gasteiger partial charge is 0.343 e. The summed E-state index contributed by atoms with van der Waals surface area (Å²) in [6.07, 6.45) is 6.44. The number of aromatic nitrogens is 3. The highest BCUT2D eigenvalue weighted by Crippen LogP contribution is 2.22. The Morgan fingerprint density at radius 3 is 2.48 bits per heavy atom. The first-order valence-electron chi connectivity index (χ1n) is 11.3. The monoisotopic (exact) mass is 418 g/mol. The van der Waals surface area contributed by atoms with Gasteiger partial charge in [-0.25, -0.2) is 4.68 Å². The zero-order valence-electron chi connectivity index (χ0n) is 17.9. The van der Waals surface area contributed by atoms with Crippen LogP contribution in [0.25, 0.3) is 10.9 Å². The van der Waals surface area contributed by atoms with Gasteiger partial charge in [0.15, 0.2) is 0 Å². The van der Waals surface area contributed by atoms with Gasteiger partial charge in [0.1, 0.15) is 5.52 Å². The zero-order chi connectivity index (χ0) is 21.5. The molecule has 1 aromatic heterocycles. The molecular formula is C25H30N4O2. The van der Waals surface area contributed by atoms with Crippen molar-refractivity contribution in [2.75, 3.05) is 13.1 Å². The normalized spacial score (nSPS) is 14.8. The summed E-state index contributed by atoms with van der Waals surface area (Å²) in [4.78, 5) is 27.0. The van der Waals surface area contributed by atoms with Crippen LogP contribution in [0.2, 0.25) is 0 Å². The molecule has 1 aliphatic rings. The second-order valence-electron chi connectivity index (χ2n) is 8.46. The summed E-state index contributed by atoms with van der Waals surface area (Å²) in [6.45, 7) is 2.28. The van der Waals surface area contributed by atoms with Crippen molar-refractivity contribution in [1.29, 1.82) is 0 Å². The summed E-state index contributed by atoms with van der Waals surface area (Å²) in [5.74, 6) is 0.939. The van der Waals surface area contributed by atoms with Gasteiger partial charge in [-0.05, 0) is 55.7 Å². The van der Waals surface area contributed by atoms with E-state index >= 15 is 0 Å². The van der Waals surface area contributed by atoms with Crippen LogP contribution < -0.4 is 5.56 Å². The Morgan fingerprint density at radius 2 is 1.68 bits per heavy atom. The number of rotatable bonds is 8. The van der Waals surface area contributed by atoms with E-state index in [9.17, 15) is 9.59 Å². The van der Waals surface area contributed by atoms with E-state index in [0.29, 0.717) is 29.8 Å². The van der Waals surface area contributed by atoms with Crippen LogP contribution in [0, 0.1) is 5.92 Å². The van der Waals surface area contributed by atoms with Crippen molar-refractivity contribution in [3.63, 3.8) is 0 Å². The fraction of sp³-hybridized carbons (Fsp3) is 0.440.